The van der Waals surface area contributed by atoms with E-state index in [0.29, 0.717) is 24.6 Å². The van der Waals surface area contributed by atoms with Crippen molar-refractivity contribution in [1.82, 2.24) is 4.57 Å². The molecule has 0 spiro atoms. The van der Waals surface area contributed by atoms with E-state index in [2.05, 4.69) is 0 Å². The number of esters is 1. The van der Waals surface area contributed by atoms with Crippen LogP contribution in [0.25, 0.3) is 21.9 Å². The van der Waals surface area contributed by atoms with Gasteiger partial charge in [0.15, 0.2) is 5.72 Å². The van der Waals surface area contributed by atoms with Crippen molar-refractivity contribution in [3.05, 3.63) is 70.6 Å². The molecule has 5 heteroatoms. The fourth-order valence-electron chi connectivity index (χ4n) is 5.57. The number of fused-ring (bicyclic) bond motifs is 4. The Kier molecular flexibility index (Phi) is 4.33. The lowest BCUT2D eigenvalue weighted by Crippen LogP contribution is -2.56. The minimum absolute atomic E-state index is 0.240. The maximum atomic E-state index is 13.6. The Bertz CT molecular complexity index is 1200. The first kappa shape index (κ1) is 19.1. The van der Waals surface area contributed by atoms with Crippen molar-refractivity contribution in [1.29, 1.82) is 0 Å². The van der Waals surface area contributed by atoms with Gasteiger partial charge >= 0.3 is 5.97 Å². The van der Waals surface area contributed by atoms with Gasteiger partial charge in [-0.2, -0.15) is 0 Å². The Hall–Kier alpha value is -2.92. The van der Waals surface area contributed by atoms with E-state index in [1.165, 1.54) is 4.57 Å². The second-order valence-corrected chi connectivity index (χ2v) is 8.38. The quantitative estimate of drug-likeness (QED) is 0.672. The number of hydrogen-bond donors (Lipinski definition) is 1. The van der Waals surface area contributed by atoms with Gasteiger partial charge in [-0.1, -0.05) is 55.0 Å². The first-order valence-electron chi connectivity index (χ1n) is 10.7. The average molecular weight is 403 g/mol. The van der Waals surface area contributed by atoms with Crippen LogP contribution in [0, 0.1) is 5.41 Å². The highest BCUT2D eigenvalue weighted by atomic mass is 16.5. The van der Waals surface area contributed by atoms with Gasteiger partial charge in [-0.05, 0) is 43.2 Å². The molecule has 2 heterocycles. The van der Waals surface area contributed by atoms with Crippen molar-refractivity contribution in [2.75, 3.05) is 6.61 Å². The predicted octanol–water partition coefficient (Wildman–Crippen LogP) is 3.99. The largest absolute Gasteiger partial charge is 0.465 e. The number of benzene rings is 2. The maximum Gasteiger partial charge on any atom is 0.317 e. The summed E-state index contributed by atoms with van der Waals surface area (Å²) < 4.78 is 6.97. The number of carbonyl (C=O) groups is 1. The van der Waals surface area contributed by atoms with E-state index in [0.717, 1.165) is 35.0 Å². The first-order valence-corrected chi connectivity index (χ1v) is 10.7. The third-order valence-corrected chi connectivity index (χ3v) is 6.90. The summed E-state index contributed by atoms with van der Waals surface area (Å²) in [5, 5.41) is 13.4. The van der Waals surface area contributed by atoms with Gasteiger partial charge < -0.3 is 9.84 Å². The molecule has 30 heavy (non-hydrogen) atoms. The van der Waals surface area contributed by atoms with Gasteiger partial charge in [0.1, 0.15) is 5.41 Å². The molecule has 0 saturated heterocycles. The molecule has 2 unspecified atom stereocenters. The highest BCUT2D eigenvalue weighted by Crippen LogP contribution is 2.56. The molecule has 1 N–H and O–H groups in total. The molecule has 2 atom stereocenters. The summed E-state index contributed by atoms with van der Waals surface area (Å²) in [7, 11) is 0. The van der Waals surface area contributed by atoms with Crippen molar-refractivity contribution in [2.45, 2.75) is 44.8 Å². The minimum Gasteiger partial charge on any atom is -0.465 e. The van der Waals surface area contributed by atoms with E-state index in [1.807, 2.05) is 48.5 Å². The Morgan fingerprint density at radius 2 is 1.70 bits per heavy atom. The summed E-state index contributed by atoms with van der Waals surface area (Å²) in [5.74, 6) is -0.404. The number of aromatic nitrogens is 1. The van der Waals surface area contributed by atoms with Gasteiger partial charge in [0.2, 0.25) is 0 Å². The lowest BCUT2D eigenvalue weighted by Gasteiger charge is -2.44. The molecular formula is C25H25NO4. The summed E-state index contributed by atoms with van der Waals surface area (Å²) >= 11 is 0. The predicted molar refractivity (Wildman–Crippen MR) is 115 cm³/mol. The van der Waals surface area contributed by atoms with Crippen LogP contribution in [0.2, 0.25) is 0 Å². The van der Waals surface area contributed by atoms with Gasteiger partial charge in [-0.3, -0.25) is 14.2 Å². The Balaban J connectivity index is 1.89. The van der Waals surface area contributed by atoms with Gasteiger partial charge in [0, 0.05) is 23.1 Å². The number of carbonyl (C=O) groups excluding carboxylic acids is 1. The Labute approximate surface area is 174 Å². The number of rotatable bonds is 3. The zero-order valence-corrected chi connectivity index (χ0v) is 17.1. The van der Waals surface area contributed by atoms with Crippen molar-refractivity contribution < 1.29 is 14.6 Å². The Morgan fingerprint density at radius 1 is 1.03 bits per heavy atom. The fourth-order valence-corrected chi connectivity index (χ4v) is 5.57. The molecule has 5 nitrogen and oxygen atoms in total. The number of hydrogen-bond acceptors (Lipinski definition) is 4. The molecule has 1 aliphatic heterocycles. The van der Waals surface area contributed by atoms with Crippen LogP contribution in [0.3, 0.4) is 0 Å². The number of ether oxygens (including phenoxy) is 1. The smallest absolute Gasteiger partial charge is 0.317 e. The highest BCUT2D eigenvalue weighted by molar-refractivity contribution is 5.98. The van der Waals surface area contributed by atoms with E-state index in [1.54, 1.807) is 13.0 Å². The van der Waals surface area contributed by atoms with E-state index in [4.69, 9.17) is 4.74 Å². The topological polar surface area (TPSA) is 68.5 Å². The molecule has 0 bridgehead atoms. The summed E-state index contributed by atoms with van der Waals surface area (Å²) in [6.07, 6.45) is 2.76. The van der Waals surface area contributed by atoms with Crippen LogP contribution < -0.4 is 5.56 Å². The summed E-state index contributed by atoms with van der Waals surface area (Å²) in [5.41, 5.74) is -0.333. The first-order chi connectivity index (χ1) is 14.5. The summed E-state index contributed by atoms with van der Waals surface area (Å²) in [4.78, 5) is 26.9. The van der Waals surface area contributed by atoms with Crippen molar-refractivity contribution in [3.8, 4) is 11.1 Å². The zero-order chi connectivity index (χ0) is 20.9. The van der Waals surface area contributed by atoms with Crippen LogP contribution in [-0.4, -0.2) is 22.2 Å². The average Bonchev–Trinajstić information content (AvgIpc) is 3.05. The lowest BCUT2D eigenvalue weighted by molar-refractivity contribution is -0.198. The van der Waals surface area contributed by atoms with Crippen LogP contribution >= 0.6 is 0 Å². The molecule has 5 rings (SSSR count). The van der Waals surface area contributed by atoms with Crippen molar-refractivity contribution >= 4 is 16.7 Å². The molecule has 0 amide bonds. The third-order valence-electron chi connectivity index (χ3n) is 6.90. The second-order valence-electron chi connectivity index (χ2n) is 8.38. The van der Waals surface area contributed by atoms with Gasteiger partial charge in [-0.25, -0.2) is 0 Å². The van der Waals surface area contributed by atoms with Gasteiger partial charge in [0.05, 0.1) is 6.61 Å². The molecule has 154 valence electrons. The summed E-state index contributed by atoms with van der Waals surface area (Å²) in [6.45, 7) is 2.02. The third kappa shape index (κ3) is 2.39. The molecule has 1 aliphatic carbocycles. The number of nitrogens with zero attached hydrogens (tertiary/aromatic N) is 1. The fraction of sp³-hybridized carbons (Fsp3) is 0.360. The lowest BCUT2D eigenvalue weighted by atomic mass is 9.67. The van der Waals surface area contributed by atoms with Crippen molar-refractivity contribution in [2.24, 2.45) is 5.41 Å². The van der Waals surface area contributed by atoms with Gasteiger partial charge in [-0.15, -0.1) is 0 Å². The maximum absolute atomic E-state index is 13.6. The molecule has 1 fully saturated rings. The molecule has 2 aliphatic rings. The van der Waals surface area contributed by atoms with Crippen LogP contribution in [0.1, 0.15) is 38.3 Å². The van der Waals surface area contributed by atoms with E-state index in [9.17, 15) is 14.7 Å². The van der Waals surface area contributed by atoms with E-state index in [-0.39, 0.29) is 12.2 Å². The highest BCUT2D eigenvalue weighted by Gasteiger charge is 2.64. The van der Waals surface area contributed by atoms with E-state index >= 15 is 0 Å². The van der Waals surface area contributed by atoms with E-state index < -0.39 is 17.1 Å². The van der Waals surface area contributed by atoms with Gasteiger partial charge in [0.25, 0.3) is 5.56 Å². The number of aliphatic hydroxyl groups is 1. The zero-order valence-electron chi connectivity index (χ0n) is 17.1. The standard InChI is InChI=1S/C25H25NO4/c1-2-30-23(28)24-14-8-9-15-25(24,29)26-20(16-24)21(17-10-4-3-5-11-17)18-12-6-7-13-19(18)22(26)27/h3-7,10-13,29H,2,8-9,14-16H2,1H3. The van der Waals surface area contributed by atoms with Crippen LogP contribution in [0.4, 0.5) is 0 Å². The van der Waals surface area contributed by atoms with Crippen LogP contribution in [0.5, 0.6) is 0 Å². The SMILES string of the molecule is CCOC(=O)C12CCCCC1(O)n1c(c(-c3ccccc3)c3ccccc3c1=O)C2. The van der Waals surface area contributed by atoms with Crippen LogP contribution in [0.15, 0.2) is 59.4 Å². The number of pyridine rings is 1. The molecule has 0 radical (unpaired) electrons. The summed E-state index contributed by atoms with van der Waals surface area (Å²) in [6, 6.07) is 17.4. The molecular weight excluding hydrogens is 378 g/mol. The normalized spacial score (nSPS) is 25.0. The molecule has 2 aromatic carbocycles. The molecule has 1 aromatic heterocycles. The van der Waals surface area contributed by atoms with Crippen LogP contribution in [-0.2, 0) is 21.7 Å². The molecule has 1 saturated carbocycles. The second kappa shape index (κ2) is 6.81. The van der Waals surface area contributed by atoms with Crippen molar-refractivity contribution in [3.63, 3.8) is 0 Å². The molecule has 3 aromatic rings. The monoisotopic (exact) mass is 403 g/mol. The minimum atomic E-state index is -1.57. The Morgan fingerprint density at radius 3 is 2.43 bits per heavy atom.